The molecule has 0 amide bonds. The summed E-state index contributed by atoms with van der Waals surface area (Å²) in [5.41, 5.74) is 2.40. The van der Waals surface area contributed by atoms with Crippen molar-refractivity contribution >= 4 is 5.97 Å². The molecule has 27 heavy (non-hydrogen) atoms. The van der Waals surface area contributed by atoms with Crippen LogP contribution in [0, 0.1) is 0 Å². The highest BCUT2D eigenvalue weighted by Crippen LogP contribution is 2.31. The number of nitrogens with zero attached hydrogens (tertiary/aromatic N) is 1. The summed E-state index contributed by atoms with van der Waals surface area (Å²) in [6.45, 7) is 5.05. The molecule has 0 radical (unpaired) electrons. The van der Waals surface area contributed by atoms with Crippen molar-refractivity contribution in [3.63, 3.8) is 0 Å². The summed E-state index contributed by atoms with van der Waals surface area (Å²) in [5.74, 6) is -0.180. The standard InChI is InChI=1S/C24H33NO2/c1-4-5-6-7-14-19-25(20(2)24(26)27-3)23(21-15-10-8-11-16-21)22-17-12-9-13-18-22/h8-13,15-18,20,23H,4-7,14,19H2,1-3H3/t20-/m0/s1. The second-order valence-corrected chi connectivity index (χ2v) is 7.08. The number of hydrogen-bond donors (Lipinski definition) is 0. The van der Waals surface area contributed by atoms with Crippen LogP contribution in [-0.2, 0) is 9.53 Å². The fourth-order valence-electron chi connectivity index (χ4n) is 3.60. The van der Waals surface area contributed by atoms with Gasteiger partial charge in [-0.3, -0.25) is 9.69 Å². The molecule has 0 aliphatic rings. The van der Waals surface area contributed by atoms with E-state index >= 15 is 0 Å². The minimum atomic E-state index is -0.299. The van der Waals surface area contributed by atoms with Crippen molar-refractivity contribution < 1.29 is 9.53 Å². The maximum Gasteiger partial charge on any atom is 0.322 e. The summed E-state index contributed by atoms with van der Waals surface area (Å²) in [5, 5.41) is 0. The lowest BCUT2D eigenvalue weighted by atomic mass is 9.95. The molecule has 0 spiro atoms. The third-order valence-electron chi connectivity index (χ3n) is 5.12. The Hall–Kier alpha value is -2.13. The molecular weight excluding hydrogens is 334 g/mol. The Bertz CT molecular complexity index is 617. The van der Waals surface area contributed by atoms with Crippen LogP contribution in [0.4, 0.5) is 0 Å². The Morgan fingerprint density at radius 3 is 1.89 bits per heavy atom. The largest absolute Gasteiger partial charge is 0.468 e. The Morgan fingerprint density at radius 1 is 0.889 bits per heavy atom. The predicted molar refractivity (Wildman–Crippen MR) is 112 cm³/mol. The monoisotopic (exact) mass is 367 g/mol. The average Bonchev–Trinajstić information content (AvgIpc) is 2.73. The molecule has 0 unspecified atom stereocenters. The van der Waals surface area contributed by atoms with Gasteiger partial charge in [0.25, 0.3) is 0 Å². The lowest BCUT2D eigenvalue weighted by Gasteiger charge is -2.36. The molecule has 0 N–H and O–H groups in total. The number of unbranched alkanes of at least 4 members (excludes halogenated alkanes) is 4. The number of methoxy groups -OCH3 is 1. The van der Waals surface area contributed by atoms with E-state index in [-0.39, 0.29) is 18.1 Å². The molecule has 2 rings (SSSR count). The first-order valence-corrected chi connectivity index (χ1v) is 10.1. The number of hydrogen-bond acceptors (Lipinski definition) is 3. The second kappa shape index (κ2) is 11.6. The van der Waals surface area contributed by atoms with Crippen LogP contribution >= 0.6 is 0 Å². The normalized spacial score (nSPS) is 12.3. The highest BCUT2D eigenvalue weighted by molar-refractivity contribution is 5.75. The zero-order chi connectivity index (χ0) is 19.5. The minimum Gasteiger partial charge on any atom is -0.468 e. The number of carbonyl (C=O) groups is 1. The number of carbonyl (C=O) groups excluding carboxylic acids is 1. The average molecular weight is 368 g/mol. The Balaban J connectivity index is 2.32. The molecule has 0 aromatic heterocycles. The van der Waals surface area contributed by atoms with Gasteiger partial charge in [0.2, 0.25) is 0 Å². The van der Waals surface area contributed by atoms with E-state index < -0.39 is 0 Å². The van der Waals surface area contributed by atoms with E-state index in [0.717, 1.165) is 13.0 Å². The summed E-state index contributed by atoms with van der Waals surface area (Å²) in [7, 11) is 1.47. The quantitative estimate of drug-likeness (QED) is 0.382. The molecule has 3 heteroatoms. The van der Waals surface area contributed by atoms with E-state index in [9.17, 15) is 4.79 Å². The van der Waals surface area contributed by atoms with Crippen molar-refractivity contribution in [2.75, 3.05) is 13.7 Å². The number of ether oxygens (including phenoxy) is 1. The van der Waals surface area contributed by atoms with E-state index in [2.05, 4.69) is 60.4 Å². The summed E-state index contributed by atoms with van der Waals surface area (Å²) in [6, 6.07) is 20.6. The summed E-state index contributed by atoms with van der Waals surface area (Å²) in [6.07, 6.45) is 6.02. The van der Waals surface area contributed by atoms with Gasteiger partial charge in [-0.1, -0.05) is 93.3 Å². The van der Waals surface area contributed by atoms with Crippen LogP contribution in [0.25, 0.3) is 0 Å². The molecule has 0 aliphatic carbocycles. The molecule has 1 atom stereocenters. The molecule has 0 saturated heterocycles. The SMILES string of the molecule is CCCCCCCN(C(c1ccccc1)c1ccccc1)[C@@H](C)C(=O)OC. The van der Waals surface area contributed by atoms with Gasteiger partial charge >= 0.3 is 5.97 Å². The van der Waals surface area contributed by atoms with Crippen LogP contribution < -0.4 is 0 Å². The maximum atomic E-state index is 12.4. The maximum absolute atomic E-state index is 12.4. The fourth-order valence-corrected chi connectivity index (χ4v) is 3.60. The first kappa shape index (κ1) is 21.2. The lowest BCUT2D eigenvalue weighted by molar-refractivity contribution is -0.147. The molecule has 0 aliphatic heterocycles. The first-order chi connectivity index (χ1) is 13.2. The van der Waals surface area contributed by atoms with E-state index in [1.165, 1.54) is 43.9 Å². The van der Waals surface area contributed by atoms with Crippen LogP contribution in [0.15, 0.2) is 60.7 Å². The number of rotatable bonds is 11. The topological polar surface area (TPSA) is 29.5 Å². The highest BCUT2D eigenvalue weighted by Gasteiger charge is 2.30. The van der Waals surface area contributed by atoms with Gasteiger partial charge in [-0.25, -0.2) is 0 Å². The summed E-state index contributed by atoms with van der Waals surface area (Å²) < 4.78 is 5.08. The van der Waals surface area contributed by atoms with Crippen molar-refractivity contribution in [1.29, 1.82) is 0 Å². The van der Waals surface area contributed by atoms with Gasteiger partial charge in [0.1, 0.15) is 6.04 Å². The van der Waals surface area contributed by atoms with E-state index in [4.69, 9.17) is 4.74 Å². The van der Waals surface area contributed by atoms with Crippen LogP contribution in [-0.4, -0.2) is 30.6 Å². The summed E-state index contributed by atoms with van der Waals surface area (Å²) >= 11 is 0. The Labute approximate surface area is 164 Å². The molecule has 2 aromatic carbocycles. The van der Waals surface area contributed by atoms with Gasteiger partial charge in [0, 0.05) is 0 Å². The smallest absolute Gasteiger partial charge is 0.322 e. The van der Waals surface area contributed by atoms with Crippen LogP contribution in [0.1, 0.15) is 63.1 Å². The molecule has 146 valence electrons. The number of benzene rings is 2. The molecule has 0 bridgehead atoms. The van der Waals surface area contributed by atoms with Crippen molar-refractivity contribution in [2.45, 2.75) is 58.0 Å². The lowest BCUT2D eigenvalue weighted by Crippen LogP contribution is -2.43. The Kier molecular flexibility index (Phi) is 9.06. The van der Waals surface area contributed by atoms with Gasteiger partial charge in [0.05, 0.1) is 13.2 Å². The molecule has 2 aromatic rings. The third kappa shape index (κ3) is 6.21. The van der Waals surface area contributed by atoms with Crippen LogP contribution in [0.3, 0.4) is 0 Å². The van der Waals surface area contributed by atoms with Crippen molar-refractivity contribution in [3.05, 3.63) is 71.8 Å². The molecule has 0 saturated carbocycles. The van der Waals surface area contributed by atoms with E-state index in [0.29, 0.717) is 0 Å². The Morgan fingerprint density at radius 2 is 1.41 bits per heavy atom. The van der Waals surface area contributed by atoms with Gasteiger partial charge in [0.15, 0.2) is 0 Å². The van der Waals surface area contributed by atoms with Crippen LogP contribution in [0.2, 0.25) is 0 Å². The predicted octanol–water partition coefficient (Wildman–Crippen LogP) is 5.61. The molecule has 0 heterocycles. The third-order valence-corrected chi connectivity index (χ3v) is 5.12. The van der Waals surface area contributed by atoms with Gasteiger partial charge in [-0.15, -0.1) is 0 Å². The molecule has 3 nitrogen and oxygen atoms in total. The molecule has 0 fully saturated rings. The number of esters is 1. The van der Waals surface area contributed by atoms with E-state index in [1.54, 1.807) is 0 Å². The first-order valence-electron chi connectivity index (χ1n) is 10.1. The summed E-state index contributed by atoms with van der Waals surface area (Å²) in [4.78, 5) is 14.7. The van der Waals surface area contributed by atoms with Crippen molar-refractivity contribution in [1.82, 2.24) is 4.90 Å². The zero-order valence-electron chi connectivity index (χ0n) is 16.9. The van der Waals surface area contributed by atoms with Crippen molar-refractivity contribution in [3.8, 4) is 0 Å². The zero-order valence-corrected chi connectivity index (χ0v) is 16.9. The fraction of sp³-hybridized carbons (Fsp3) is 0.458. The van der Waals surface area contributed by atoms with Gasteiger partial charge in [-0.2, -0.15) is 0 Å². The highest BCUT2D eigenvalue weighted by atomic mass is 16.5. The minimum absolute atomic E-state index is 0.0349. The van der Waals surface area contributed by atoms with Crippen molar-refractivity contribution in [2.24, 2.45) is 0 Å². The van der Waals surface area contributed by atoms with Gasteiger partial charge < -0.3 is 4.74 Å². The van der Waals surface area contributed by atoms with E-state index in [1.807, 2.05) is 19.1 Å². The second-order valence-electron chi connectivity index (χ2n) is 7.08. The van der Waals surface area contributed by atoms with Crippen LogP contribution in [0.5, 0.6) is 0 Å². The van der Waals surface area contributed by atoms with Gasteiger partial charge in [-0.05, 0) is 31.0 Å². The molecular formula is C24H33NO2.